The molecule has 2 N–H and O–H groups in total. The van der Waals surface area contributed by atoms with Crippen LogP contribution in [-0.2, 0) is 16.6 Å². The van der Waals surface area contributed by atoms with E-state index in [-0.39, 0.29) is 22.5 Å². The van der Waals surface area contributed by atoms with Crippen molar-refractivity contribution in [2.24, 2.45) is 5.14 Å². The van der Waals surface area contributed by atoms with Crippen molar-refractivity contribution in [2.45, 2.75) is 24.4 Å². The maximum absolute atomic E-state index is 12.7. The Labute approximate surface area is 163 Å². The third-order valence-corrected chi connectivity index (χ3v) is 5.47. The van der Waals surface area contributed by atoms with E-state index in [1.54, 1.807) is 30.1 Å². The van der Waals surface area contributed by atoms with Crippen LogP contribution in [0, 0.1) is 0 Å². The number of carbonyl (C=O) groups excluding carboxylic acids is 1. The molecule has 1 aromatic heterocycles. The first-order valence-electron chi connectivity index (χ1n) is 8.59. The number of amides is 1. The third kappa shape index (κ3) is 4.44. The first-order valence-corrected chi connectivity index (χ1v) is 10.1. The fourth-order valence-corrected chi connectivity index (χ4v) is 3.28. The van der Waals surface area contributed by atoms with Gasteiger partial charge in [-0.25, -0.2) is 18.2 Å². The van der Waals surface area contributed by atoms with E-state index >= 15 is 0 Å². The van der Waals surface area contributed by atoms with Gasteiger partial charge in [-0.2, -0.15) is 0 Å². The molecule has 1 unspecified atom stereocenters. The van der Waals surface area contributed by atoms with Crippen molar-refractivity contribution < 1.29 is 13.2 Å². The predicted molar refractivity (Wildman–Crippen MR) is 104 cm³/mol. The molecule has 0 aliphatic rings. The zero-order chi connectivity index (χ0) is 20.3. The number of aromatic nitrogens is 3. The molecule has 1 heterocycles. The van der Waals surface area contributed by atoms with Gasteiger partial charge >= 0.3 is 0 Å². The summed E-state index contributed by atoms with van der Waals surface area (Å²) in [4.78, 5) is 14.3. The molecule has 0 bridgehead atoms. The maximum atomic E-state index is 12.7. The monoisotopic (exact) mass is 399 g/mol. The summed E-state index contributed by atoms with van der Waals surface area (Å²) in [7, 11) is -2.09. The quantitative estimate of drug-likeness (QED) is 0.679. The number of nitrogens with two attached hydrogens (primary N) is 1. The normalized spacial score (nSPS) is 12.5. The van der Waals surface area contributed by atoms with E-state index in [0.717, 1.165) is 11.1 Å². The molecule has 28 heavy (non-hydrogen) atoms. The van der Waals surface area contributed by atoms with Gasteiger partial charge in [0.2, 0.25) is 10.0 Å². The molecule has 0 saturated carbocycles. The average Bonchev–Trinajstić information content (AvgIpc) is 3.15. The lowest BCUT2D eigenvalue weighted by molar-refractivity contribution is 0.0736. The van der Waals surface area contributed by atoms with Crippen LogP contribution >= 0.6 is 0 Å². The Bertz CT molecular complexity index is 1060. The van der Waals surface area contributed by atoms with Crippen molar-refractivity contribution in [2.75, 3.05) is 7.05 Å². The summed E-state index contributed by atoms with van der Waals surface area (Å²) in [6, 6.07) is 15.6. The number of rotatable bonds is 6. The van der Waals surface area contributed by atoms with E-state index < -0.39 is 10.0 Å². The Morgan fingerprint density at radius 2 is 1.79 bits per heavy atom. The number of benzene rings is 2. The Hall–Kier alpha value is -3.04. The van der Waals surface area contributed by atoms with Crippen LogP contribution < -0.4 is 5.14 Å². The van der Waals surface area contributed by atoms with Crippen molar-refractivity contribution in [1.29, 1.82) is 0 Å². The van der Waals surface area contributed by atoms with Gasteiger partial charge in [0.25, 0.3) is 5.91 Å². The van der Waals surface area contributed by atoms with Gasteiger partial charge in [0.1, 0.15) is 0 Å². The summed E-state index contributed by atoms with van der Waals surface area (Å²) >= 11 is 0. The summed E-state index contributed by atoms with van der Waals surface area (Å²) in [5.74, 6) is -0.276. The molecular weight excluding hydrogens is 378 g/mol. The zero-order valence-electron chi connectivity index (χ0n) is 15.6. The summed E-state index contributed by atoms with van der Waals surface area (Å²) in [5, 5.41) is 13.1. The molecule has 0 saturated heterocycles. The van der Waals surface area contributed by atoms with E-state index in [0.29, 0.717) is 6.54 Å². The molecule has 2 aromatic carbocycles. The second kappa shape index (κ2) is 7.91. The second-order valence-electron chi connectivity index (χ2n) is 6.49. The van der Waals surface area contributed by atoms with E-state index in [1.165, 1.54) is 17.0 Å². The van der Waals surface area contributed by atoms with Gasteiger partial charge in [-0.05, 0) is 30.2 Å². The van der Waals surface area contributed by atoms with Gasteiger partial charge in [-0.15, -0.1) is 5.10 Å². The van der Waals surface area contributed by atoms with E-state index in [4.69, 9.17) is 5.14 Å². The van der Waals surface area contributed by atoms with E-state index in [2.05, 4.69) is 10.3 Å². The van der Waals surface area contributed by atoms with Gasteiger partial charge in [0, 0.05) is 7.05 Å². The zero-order valence-corrected chi connectivity index (χ0v) is 16.4. The fraction of sp³-hybridized carbons (Fsp3) is 0.211. The number of hydrogen-bond acceptors (Lipinski definition) is 5. The molecule has 1 amide bonds. The van der Waals surface area contributed by atoms with Crippen LogP contribution in [0.3, 0.4) is 0 Å². The molecule has 1 atom stereocenters. The Morgan fingerprint density at radius 1 is 1.14 bits per heavy atom. The highest BCUT2D eigenvalue weighted by Crippen LogP contribution is 2.21. The standard InChI is InChI=1S/C19H21N5O3S/c1-14(16-8-10-17(11-9-16)28(20,26)27)23(2)19(25)18-13-24(22-21-18)12-15-6-4-3-5-7-15/h3-11,13-14H,12H2,1-2H3,(H2,20,26,27). The Kier molecular flexibility index (Phi) is 5.57. The Morgan fingerprint density at radius 3 is 2.39 bits per heavy atom. The minimum Gasteiger partial charge on any atom is -0.334 e. The molecule has 3 rings (SSSR count). The fourth-order valence-electron chi connectivity index (χ4n) is 2.76. The highest BCUT2D eigenvalue weighted by Gasteiger charge is 2.22. The van der Waals surface area contributed by atoms with Crippen LogP contribution in [0.1, 0.15) is 34.6 Å². The van der Waals surface area contributed by atoms with Gasteiger partial charge in [-0.1, -0.05) is 47.7 Å². The van der Waals surface area contributed by atoms with Crippen molar-refractivity contribution in [3.63, 3.8) is 0 Å². The summed E-state index contributed by atoms with van der Waals surface area (Å²) < 4.78 is 24.4. The smallest absolute Gasteiger partial charge is 0.276 e. The van der Waals surface area contributed by atoms with Crippen LogP contribution in [0.5, 0.6) is 0 Å². The van der Waals surface area contributed by atoms with Gasteiger partial charge in [-0.3, -0.25) is 4.79 Å². The SMILES string of the molecule is CC(c1ccc(S(N)(=O)=O)cc1)N(C)C(=O)c1cn(Cc2ccccc2)nn1. The van der Waals surface area contributed by atoms with Gasteiger partial charge in [0.15, 0.2) is 5.69 Å². The van der Waals surface area contributed by atoms with Crippen LogP contribution in [-0.4, -0.2) is 41.3 Å². The van der Waals surface area contributed by atoms with Crippen molar-refractivity contribution in [3.05, 3.63) is 77.6 Å². The van der Waals surface area contributed by atoms with E-state index in [9.17, 15) is 13.2 Å². The first-order chi connectivity index (χ1) is 13.3. The van der Waals surface area contributed by atoms with Crippen molar-refractivity contribution in [1.82, 2.24) is 19.9 Å². The molecule has 0 spiro atoms. The number of nitrogens with zero attached hydrogens (tertiary/aromatic N) is 4. The summed E-state index contributed by atoms with van der Waals surface area (Å²) in [6.45, 7) is 2.37. The number of sulfonamides is 1. The third-order valence-electron chi connectivity index (χ3n) is 4.54. The number of carbonyl (C=O) groups is 1. The van der Waals surface area contributed by atoms with Crippen molar-refractivity contribution in [3.8, 4) is 0 Å². The highest BCUT2D eigenvalue weighted by atomic mass is 32.2. The molecule has 146 valence electrons. The summed E-state index contributed by atoms with van der Waals surface area (Å²) in [6.07, 6.45) is 1.61. The topological polar surface area (TPSA) is 111 Å². The lowest BCUT2D eigenvalue weighted by Crippen LogP contribution is -2.30. The van der Waals surface area contributed by atoms with Gasteiger partial charge < -0.3 is 4.90 Å². The summed E-state index contributed by atoms with van der Waals surface area (Å²) in [5.41, 5.74) is 2.08. The van der Waals surface area contributed by atoms with E-state index in [1.807, 2.05) is 37.3 Å². The lowest BCUT2D eigenvalue weighted by Gasteiger charge is -2.24. The molecule has 9 heteroatoms. The van der Waals surface area contributed by atoms with Gasteiger partial charge in [0.05, 0.1) is 23.7 Å². The molecule has 3 aromatic rings. The molecule has 8 nitrogen and oxygen atoms in total. The minimum absolute atomic E-state index is 0.0290. The Balaban J connectivity index is 1.71. The molecule has 0 aliphatic heterocycles. The molecule has 0 radical (unpaired) electrons. The van der Waals surface area contributed by atoms with Crippen LogP contribution in [0.4, 0.5) is 0 Å². The number of primary sulfonamides is 1. The average molecular weight is 399 g/mol. The molecule has 0 fully saturated rings. The molecule has 0 aliphatic carbocycles. The highest BCUT2D eigenvalue weighted by molar-refractivity contribution is 7.89. The number of hydrogen-bond donors (Lipinski definition) is 1. The van der Waals surface area contributed by atoms with Crippen molar-refractivity contribution >= 4 is 15.9 Å². The van der Waals surface area contributed by atoms with Crippen LogP contribution in [0.2, 0.25) is 0 Å². The lowest BCUT2D eigenvalue weighted by atomic mass is 10.1. The minimum atomic E-state index is -3.75. The molecular formula is C19H21N5O3S. The van der Waals surface area contributed by atoms with Crippen LogP contribution in [0.25, 0.3) is 0 Å². The maximum Gasteiger partial charge on any atom is 0.276 e. The first kappa shape index (κ1) is 19.7. The van der Waals surface area contributed by atoms with Crippen LogP contribution in [0.15, 0.2) is 65.7 Å². The largest absolute Gasteiger partial charge is 0.334 e. The predicted octanol–water partition coefficient (Wildman–Crippen LogP) is 1.81. The second-order valence-corrected chi connectivity index (χ2v) is 8.05.